The van der Waals surface area contributed by atoms with Gasteiger partial charge >= 0.3 is 0 Å². The number of allylic oxidation sites excluding steroid dienone is 1. The Morgan fingerprint density at radius 1 is 1.10 bits per heavy atom. The minimum Gasteiger partial charge on any atom is -0.478 e. The number of hydrogen-bond acceptors (Lipinski definition) is 5. The molecule has 0 unspecified atom stereocenters. The zero-order valence-corrected chi connectivity index (χ0v) is 17.6. The van der Waals surface area contributed by atoms with E-state index in [9.17, 15) is 4.79 Å². The van der Waals surface area contributed by atoms with Crippen molar-refractivity contribution in [2.45, 2.75) is 20.0 Å². The maximum absolute atomic E-state index is 12.8. The van der Waals surface area contributed by atoms with Crippen LogP contribution in [-0.4, -0.2) is 17.4 Å². The minimum absolute atomic E-state index is 0.163. The van der Waals surface area contributed by atoms with Gasteiger partial charge in [0, 0.05) is 19.2 Å². The normalized spacial score (nSPS) is 16.9. The standard InChI is InChI=1S/C23H17Cl2NO4/c1-13-2-4-15(29-13)9-21-22(27)16-5-7-20-17(23(16)30-21)11-26(12-28-20)10-14-3-6-18(24)19(25)8-14/h2-9H,10-12H2,1H3/b21-9-. The second kappa shape index (κ2) is 7.51. The molecular formula is C23H17Cl2NO4. The Hall–Kier alpha value is -2.73. The number of furan rings is 1. The molecule has 2 aliphatic heterocycles. The summed E-state index contributed by atoms with van der Waals surface area (Å²) in [6.07, 6.45) is 1.62. The number of fused-ring (bicyclic) bond motifs is 3. The third-order valence-corrected chi connectivity index (χ3v) is 5.85. The lowest BCUT2D eigenvalue weighted by Gasteiger charge is -2.29. The number of hydrogen-bond donors (Lipinski definition) is 0. The average Bonchev–Trinajstić information content (AvgIpc) is 3.28. The first-order valence-electron chi connectivity index (χ1n) is 9.43. The van der Waals surface area contributed by atoms with Gasteiger partial charge in [0.25, 0.3) is 0 Å². The highest BCUT2D eigenvalue weighted by Gasteiger charge is 2.33. The zero-order chi connectivity index (χ0) is 20.8. The highest BCUT2D eigenvalue weighted by molar-refractivity contribution is 6.42. The third kappa shape index (κ3) is 3.49. The van der Waals surface area contributed by atoms with Gasteiger partial charge in [0.05, 0.1) is 21.2 Å². The maximum atomic E-state index is 12.8. The first-order valence-corrected chi connectivity index (χ1v) is 10.2. The predicted molar refractivity (Wildman–Crippen MR) is 114 cm³/mol. The van der Waals surface area contributed by atoms with Gasteiger partial charge in [0.2, 0.25) is 5.78 Å². The van der Waals surface area contributed by atoms with Gasteiger partial charge in [-0.05, 0) is 48.9 Å². The number of ether oxygens (including phenoxy) is 2. The SMILES string of the molecule is Cc1ccc(/C=C2\Oc3c(ccc4c3CN(Cc3ccc(Cl)c(Cl)c3)CO4)C2=O)o1. The smallest absolute Gasteiger partial charge is 0.232 e. The third-order valence-electron chi connectivity index (χ3n) is 5.11. The van der Waals surface area contributed by atoms with E-state index in [1.165, 1.54) is 0 Å². The van der Waals surface area contributed by atoms with Crippen LogP contribution < -0.4 is 9.47 Å². The molecule has 0 aliphatic carbocycles. The van der Waals surface area contributed by atoms with Gasteiger partial charge in [-0.25, -0.2) is 0 Å². The van der Waals surface area contributed by atoms with E-state index in [1.54, 1.807) is 24.3 Å². The number of benzene rings is 2. The van der Waals surface area contributed by atoms with Crippen LogP contribution in [0.5, 0.6) is 11.5 Å². The summed E-state index contributed by atoms with van der Waals surface area (Å²) in [5, 5.41) is 1.04. The second-order valence-corrected chi connectivity index (χ2v) is 8.13. The predicted octanol–water partition coefficient (Wildman–Crippen LogP) is 5.86. The van der Waals surface area contributed by atoms with Crippen LogP contribution >= 0.6 is 23.2 Å². The van der Waals surface area contributed by atoms with Gasteiger partial charge in [-0.2, -0.15) is 0 Å². The van der Waals surface area contributed by atoms with Crippen molar-refractivity contribution in [3.05, 3.63) is 86.5 Å². The molecule has 5 rings (SSSR count). The molecule has 0 bridgehead atoms. The quantitative estimate of drug-likeness (QED) is 0.476. The largest absolute Gasteiger partial charge is 0.478 e. The molecule has 7 heteroatoms. The fourth-order valence-corrected chi connectivity index (χ4v) is 3.98. The first kappa shape index (κ1) is 19.2. The Balaban J connectivity index is 1.41. The lowest BCUT2D eigenvalue weighted by atomic mass is 10.0. The molecule has 0 fully saturated rings. The fourth-order valence-electron chi connectivity index (χ4n) is 3.66. The van der Waals surface area contributed by atoms with Crippen molar-refractivity contribution in [3.63, 3.8) is 0 Å². The summed E-state index contributed by atoms with van der Waals surface area (Å²) in [6.45, 7) is 3.49. The van der Waals surface area contributed by atoms with Gasteiger partial charge in [-0.3, -0.25) is 9.69 Å². The van der Waals surface area contributed by atoms with Crippen LogP contribution in [0.4, 0.5) is 0 Å². The summed E-state index contributed by atoms with van der Waals surface area (Å²) in [5.74, 6) is 2.70. The van der Waals surface area contributed by atoms with Crippen LogP contribution in [0.2, 0.25) is 10.0 Å². The van der Waals surface area contributed by atoms with Crippen LogP contribution in [-0.2, 0) is 13.1 Å². The number of Topliss-reactive ketones (excluding diaryl/α,β-unsaturated/α-hetero) is 1. The molecule has 0 saturated carbocycles. The summed E-state index contributed by atoms with van der Waals surface area (Å²) in [5.41, 5.74) is 2.41. The molecule has 0 N–H and O–H groups in total. The van der Waals surface area contributed by atoms with Crippen LogP contribution in [0.3, 0.4) is 0 Å². The van der Waals surface area contributed by atoms with E-state index >= 15 is 0 Å². The van der Waals surface area contributed by atoms with E-state index in [-0.39, 0.29) is 11.5 Å². The number of carbonyl (C=O) groups excluding carboxylic acids is 1. The monoisotopic (exact) mass is 441 g/mol. The van der Waals surface area contributed by atoms with Crippen LogP contribution in [0, 0.1) is 6.92 Å². The Labute approximate surface area is 183 Å². The molecule has 5 nitrogen and oxygen atoms in total. The van der Waals surface area contributed by atoms with Crippen molar-refractivity contribution in [2.75, 3.05) is 6.73 Å². The Kier molecular flexibility index (Phi) is 4.82. The molecule has 0 spiro atoms. The molecular weight excluding hydrogens is 425 g/mol. The highest BCUT2D eigenvalue weighted by atomic mass is 35.5. The van der Waals surface area contributed by atoms with Gasteiger partial charge in [0.1, 0.15) is 29.8 Å². The summed E-state index contributed by atoms with van der Waals surface area (Å²) >= 11 is 12.1. The number of aryl methyl sites for hydroxylation is 1. The molecule has 30 heavy (non-hydrogen) atoms. The van der Waals surface area contributed by atoms with Crippen molar-refractivity contribution >= 4 is 35.1 Å². The first-order chi connectivity index (χ1) is 14.5. The van der Waals surface area contributed by atoms with Crippen molar-refractivity contribution in [1.29, 1.82) is 0 Å². The second-order valence-electron chi connectivity index (χ2n) is 7.32. The lowest BCUT2D eigenvalue weighted by molar-refractivity contribution is 0.0873. The van der Waals surface area contributed by atoms with Crippen molar-refractivity contribution in [2.24, 2.45) is 0 Å². The van der Waals surface area contributed by atoms with E-state index in [2.05, 4.69) is 4.90 Å². The minimum atomic E-state index is -0.163. The average molecular weight is 442 g/mol. The molecule has 0 radical (unpaired) electrons. The number of nitrogens with zero attached hydrogens (tertiary/aromatic N) is 1. The fraction of sp³-hybridized carbons (Fsp3) is 0.174. The summed E-state index contributed by atoms with van der Waals surface area (Å²) in [6, 6.07) is 12.8. The topological polar surface area (TPSA) is 51.9 Å². The Morgan fingerprint density at radius 2 is 1.97 bits per heavy atom. The molecule has 1 aromatic heterocycles. The molecule has 2 aromatic carbocycles. The van der Waals surface area contributed by atoms with Crippen molar-refractivity contribution < 1.29 is 18.7 Å². The molecule has 0 atom stereocenters. The number of rotatable bonds is 3. The van der Waals surface area contributed by atoms with E-state index in [0.29, 0.717) is 46.9 Å². The van der Waals surface area contributed by atoms with Crippen LogP contribution in [0.1, 0.15) is 33.0 Å². The molecule has 152 valence electrons. The Morgan fingerprint density at radius 3 is 2.73 bits per heavy atom. The molecule has 3 heterocycles. The van der Waals surface area contributed by atoms with Gasteiger partial charge < -0.3 is 13.9 Å². The molecule has 0 saturated heterocycles. The molecule has 0 amide bonds. The summed E-state index contributed by atoms with van der Waals surface area (Å²) in [7, 11) is 0. The van der Waals surface area contributed by atoms with Gasteiger partial charge in [-0.1, -0.05) is 29.3 Å². The number of carbonyl (C=O) groups is 1. The van der Waals surface area contributed by atoms with Crippen molar-refractivity contribution in [1.82, 2.24) is 4.90 Å². The maximum Gasteiger partial charge on any atom is 0.232 e. The Bertz CT molecular complexity index is 1200. The number of ketones is 1. The summed E-state index contributed by atoms with van der Waals surface area (Å²) < 4.78 is 17.4. The number of halogens is 2. The lowest BCUT2D eigenvalue weighted by Crippen LogP contribution is -2.31. The summed E-state index contributed by atoms with van der Waals surface area (Å²) in [4.78, 5) is 14.9. The van der Waals surface area contributed by atoms with E-state index < -0.39 is 0 Å². The van der Waals surface area contributed by atoms with Crippen LogP contribution in [0.15, 0.2) is 52.6 Å². The van der Waals surface area contributed by atoms with Crippen LogP contribution in [0.25, 0.3) is 6.08 Å². The van der Waals surface area contributed by atoms with E-state index in [0.717, 1.165) is 22.6 Å². The van der Waals surface area contributed by atoms with Gasteiger partial charge in [0.15, 0.2) is 5.76 Å². The van der Waals surface area contributed by atoms with Gasteiger partial charge in [-0.15, -0.1) is 0 Å². The molecule has 3 aromatic rings. The van der Waals surface area contributed by atoms with E-state index in [1.807, 2.05) is 31.2 Å². The highest BCUT2D eigenvalue weighted by Crippen LogP contribution is 2.42. The van der Waals surface area contributed by atoms with Crippen molar-refractivity contribution in [3.8, 4) is 11.5 Å². The zero-order valence-electron chi connectivity index (χ0n) is 16.1. The molecule has 2 aliphatic rings. The van der Waals surface area contributed by atoms with E-state index in [4.69, 9.17) is 37.1 Å².